The lowest BCUT2D eigenvalue weighted by molar-refractivity contribution is -0.135. The first-order valence-electron chi connectivity index (χ1n) is 11.1. The second-order valence-electron chi connectivity index (χ2n) is 8.47. The Labute approximate surface area is 209 Å². The van der Waals surface area contributed by atoms with E-state index < -0.39 is 5.38 Å². The highest BCUT2D eigenvalue weighted by Gasteiger charge is 2.36. The number of hydrazone groups is 1. The molecular formula is C24H26Cl2N6O2. The van der Waals surface area contributed by atoms with Gasteiger partial charge in [-0.3, -0.25) is 9.80 Å². The summed E-state index contributed by atoms with van der Waals surface area (Å²) < 4.78 is 5.34. The van der Waals surface area contributed by atoms with E-state index in [9.17, 15) is 4.79 Å². The van der Waals surface area contributed by atoms with Crippen molar-refractivity contribution in [2.45, 2.75) is 31.3 Å². The summed E-state index contributed by atoms with van der Waals surface area (Å²) in [5.41, 5.74) is 2.71. The topological polar surface area (TPSA) is 85.1 Å². The van der Waals surface area contributed by atoms with Crippen LogP contribution >= 0.6 is 23.2 Å². The van der Waals surface area contributed by atoms with Crippen molar-refractivity contribution in [3.63, 3.8) is 0 Å². The van der Waals surface area contributed by atoms with Gasteiger partial charge in [0.2, 0.25) is 5.91 Å². The number of halogens is 2. The minimum absolute atomic E-state index is 0.00833. The van der Waals surface area contributed by atoms with Crippen molar-refractivity contribution in [1.29, 1.82) is 5.26 Å². The molecule has 10 heteroatoms. The highest BCUT2D eigenvalue weighted by Crippen LogP contribution is 2.31. The van der Waals surface area contributed by atoms with Gasteiger partial charge in [-0.25, -0.2) is 4.98 Å². The molecule has 1 amide bonds. The first kappa shape index (κ1) is 24.1. The van der Waals surface area contributed by atoms with Crippen LogP contribution in [0.5, 0.6) is 5.75 Å². The van der Waals surface area contributed by atoms with Crippen LogP contribution in [0.3, 0.4) is 0 Å². The molecule has 0 radical (unpaired) electrons. The van der Waals surface area contributed by atoms with Gasteiger partial charge in [0.05, 0.1) is 29.3 Å². The first-order valence-corrected chi connectivity index (χ1v) is 11.9. The van der Waals surface area contributed by atoms with E-state index in [0.29, 0.717) is 41.8 Å². The normalized spacial score (nSPS) is 22.4. The molecule has 0 saturated carbocycles. The number of carbonyl (C=O) groups excluding carboxylic acids is 1. The lowest BCUT2D eigenvalue weighted by Gasteiger charge is -2.41. The minimum Gasteiger partial charge on any atom is -0.495 e. The van der Waals surface area contributed by atoms with Crippen LogP contribution in [0.1, 0.15) is 25.1 Å². The molecule has 0 aliphatic carbocycles. The van der Waals surface area contributed by atoms with E-state index in [1.165, 1.54) is 0 Å². The summed E-state index contributed by atoms with van der Waals surface area (Å²) in [5, 5.41) is 15.7. The first-order chi connectivity index (χ1) is 16.3. The zero-order valence-electron chi connectivity index (χ0n) is 19.3. The molecule has 34 heavy (non-hydrogen) atoms. The fourth-order valence-electron chi connectivity index (χ4n) is 4.35. The minimum atomic E-state index is -0.393. The maximum Gasteiger partial charge on any atom is 0.244 e. The molecule has 1 aromatic carbocycles. The molecule has 0 N–H and O–H groups in total. The molecule has 2 aliphatic rings. The third-order valence-electron chi connectivity index (χ3n) is 6.31. The molecule has 2 aliphatic heterocycles. The van der Waals surface area contributed by atoms with E-state index in [0.717, 1.165) is 11.3 Å². The number of rotatable bonds is 5. The van der Waals surface area contributed by atoms with Gasteiger partial charge in [-0.2, -0.15) is 10.4 Å². The Morgan fingerprint density at radius 1 is 1.26 bits per heavy atom. The maximum absolute atomic E-state index is 13.2. The van der Waals surface area contributed by atoms with Gasteiger partial charge in [-0.05, 0) is 38.1 Å². The molecule has 1 aromatic heterocycles. The number of hydrogen-bond donors (Lipinski definition) is 0. The van der Waals surface area contributed by atoms with Crippen molar-refractivity contribution < 1.29 is 9.53 Å². The third-order valence-corrected chi connectivity index (χ3v) is 7.19. The van der Waals surface area contributed by atoms with Crippen molar-refractivity contribution in [3.8, 4) is 11.8 Å². The molecule has 0 spiro atoms. The highest BCUT2D eigenvalue weighted by atomic mass is 35.5. The van der Waals surface area contributed by atoms with Crippen molar-refractivity contribution >= 4 is 40.5 Å². The van der Waals surface area contributed by atoms with Crippen LogP contribution in [0.15, 0.2) is 41.6 Å². The lowest BCUT2D eigenvalue weighted by Crippen LogP contribution is -2.56. The van der Waals surface area contributed by atoms with E-state index in [1.54, 1.807) is 30.4 Å². The van der Waals surface area contributed by atoms with Crippen LogP contribution in [0.4, 0.5) is 5.69 Å². The Morgan fingerprint density at radius 3 is 2.76 bits per heavy atom. The molecule has 8 nitrogen and oxygen atoms in total. The van der Waals surface area contributed by atoms with Crippen LogP contribution in [0, 0.1) is 11.3 Å². The zero-order valence-corrected chi connectivity index (χ0v) is 20.8. The van der Waals surface area contributed by atoms with Gasteiger partial charge >= 0.3 is 0 Å². The number of piperazine rings is 1. The molecule has 3 heterocycles. The average molecular weight is 501 g/mol. The van der Waals surface area contributed by atoms with Gasteiger partial charge in [0.15, 0.2) is 0 Å². The van der Waals surface area contributed by atoms with E-state index in [2.05, 4.69) is 15.0 Å². The second-order valence-corrected chi connectivity index (χ2v) is 9.35. The van der Waals surface area contributed by atoms with Crippen LogP contribution < -0.4 is 9.64 Å². The van der Waals surface area contributed by atoms with Crippen molar-refractivity contribution in [2.24, 2.45) is 5.10 Å². The summed E-state index contributed by atoms with van der Waals surface area (Å²) >= 11 is 12.8. The van der Waals surface area contributed by atoms with Crippen LogP contribution in [0.25, 0.3) is 0 Å². The standard InChI is InChI=1S/C24H26Cl2N6O2/c1-15-13-30(19-4-5-20(25)21(11-19)34-3)8-9-31(15)22(33)14-32-16(2)23(26)24(29-32)17-6-7-28-18(10-17)12-27/h4-7,10-11,15-16,23H,8-9,13-14H2,1-3H3/t15-,16?,23?/m0/s1. The molecule has 3 atom stereocenters. The summed E-state index contributed by atoms with van der Waals surface area (Å²) in [6.45, 7) is 6.14. The number of carbonyl (C=O) groups is 1. The summed E-state index contributed by atoms with van der Waals surface area (Å²) in [4.78, 5) is 21.3. The number of alkyl halides is 1. The van der Waals surface area contributed by atoms with E-state index in [4.69, 9.17) is 33.2 Å². The Hall–Kier alpha value is -3.02. The fourth-order valence-corrected chi connectivity index (χ4v) is 4.84. The van der Waals surface area contributed by atoms with Crippen LogP contribution in [0.2, 0.25) is 5.02 Å². The Kier molecular flexibility index (Phi) is 7.15. The molecule has 0 bridgehead atoms. The summed E-state index contributed by atoms with van der Waals surface area (Å²) in [5.74, 6) is 0.641. The van der Waals surface area contributed by atoms with Gasteiger partial charge < -0.3 is 14.5 Å². The molecule has 2 unspecified atom stereocenters. The van der Waals surface area contributed by atoms with E-state index >= 15 is 0 Å². The number of nitrogens with zero attached hydrogens (tertiary/aromatic N) is 6. The Balaban J connectivity index is 1.43. The largest absolute Gasteiger partial charge is 0.495 e. The smallest absolute Gasteiger partial charge is 0.244 e. The zero-order chi connectivity index (χ0) is 24.4. The monoisotopic (exact) mass is 500 g/mol. The number of pyridine rings is 1. The number of amides is 1. The Morgan fingerprint density at radius 2 is 2.06 bits per heavy atom. The second kappa shape index (κ2) is 10.1. The quantitative estimate of drug-likeness (QED) is 0.585. The molecular weight excluding hydrogens is 475 g/mol. The number of benzene rings is 1. The third kappa shape index (κ3) is 4.77. The lowest BCUT2D eigenvalue weighted by atomic mass is 10.0. The SMILES string of the molecule is COc1cc(N2CCN(C(=O)CN3N=C(c4ccnc(C#N)c4)C(Cl)C3C)[C@@H](C)C2)ccc1Cl. The molecule has 2 aromatic rings. The number of aromatic nitrogens is 1. The number of methoxy groups -OCH3 is 1. The van der Waals surface area contributed by atoms with Crippen molar-refractivity contribution in [1.82, 2.24) is 14.9 Å². The van der Waals surface area contributed by atoms with Gasteiger partial charge in [-0.15, -0.1) is 11.6 Å². The number of anilines is 1. The van der Waals surface area contributed by atoms with E-state index in [1.807, 2.05) is 43.0 Å². The Bertz CT molecular complexity index is 1150. The number of nitriles is 1. The number of hydrogen-bond acceptors (Lipinski definition) is 7. The predicted octanol–water partition coefficient (Wildman–Crippen LogP) is 3.37. The van der Waals surface area contributed by atoms with Gasteiger partial charge in [-0.1, -0.05) is 11.6 Å². The summed E-state index contributed by atoms with van der Waals surface area (Å²) in [6.07, 6.45) is 1.57. The fraction of sp³-hybridized carbons (Fsp3) is 0.417. The highest BCUT2D eigenvalue weighted by molar-refractivity contribution is 6.36. The summed E-state index contributed by atoms with van der Waals surface area (Å²) in [6, 6.07) is 11.1. The van der Waals surface area contributed by atoms with E-state index in [-0.39, 0.29) is 24.5 Å². The summed E-state index contributed by atoms with van der Waals surface area (Å²) in [7, 11) is 1.60. The molecule has 4 rings (SSSR count). The van der Waals surface area contributed by atoms with Crippen molar-refractivity contribution in [2.75, 3.05) is 38.2 Å². The maximum atomic E-state index is 13.2. The van der Waals surface area contributed by atoms with Crippen molar-refractivity contribution in [3.05, 3.63) is 52.8 Å². The number of ether oxygens (including phenoxy) is 1. The van der Waals surface area contributed by atoms with Gasteiger partial charge in [0.1, 0.15) is 24.1 Å². The van der Waals surface area contributed by atoms with Gasteiger partial charge in [0.25, 0.3) is 0 Å². The average Bonchev–Trinajstić information content (AvgIpc) is 3.12. The van der Waals surface area contributed by atoms with Gasteiger partial charge in [0, 0.05) is 49.2 Å². The van der Waals surface area contributed by atoms with Crippen LogP contribution in [-0.2, 0) is 4.79 Å². The molecule has 1 saturated heterocycles. The van der Waals surface area contributed by atoms with Crippen LogP contribution in [-0.4, -0.2) is 77.3 Å². The molecule has 1 fully saturated rings. The molecule has 178 valence electrons. The predicted molar refractivity (Wildman–Crippen MR) is 133 cm³/mol.